The number of rotatable bonds is 7. The van der Waals surface area contributed by atoms with Crippen LogP contribution < -0.4 is 15.0 Å². The molecule has 2 aromatic heterocycles. The third-order valence-corrected chi connectivity index (χ3v) is 5.75. The summed E-state index contributed by atoms with van der Waals surface area (Å²) in [6, 6.07) is 12.6. The second-order valence-electron chi connectivity index (χ2n) is 7.05. The molecular formula is C22H22N6OS. The van der Waals surface area contributed by atoms with E-state index in [-0.39, 0.29) is 0 Å². The minimum absolute atomic E-state index is 0.575. The molecule has 0 saturated heterocycles. The quantitative estimate of drug-likeness (QED) is 0.464. The fraction of sp³-hybridized carbons (Fsp3) is 0.227. The molecule has 1 aliphatic rings. The molecule has 0 unspecified atom stereocenters. The van der Waals surface area contributed by atoms with Gasteiger partial charge in [-0.15, -0.1) is 11.3 Å². The Balaban J connectivity index is 1.45. The molecule has 7 nitrogen and oxygen atoms in total. The van der Waals surface area contributed by atoms with Crippen LogP contribution in [0.2, 0.25) is 0 Å². The van der Waals surface area contributed by atoms with Crippen molar-refractivity contribution in [2.75, 3.05) is 31.8 Å². The van der Waals surface area contributed by atoms with Gasteiger partial charge in [-0.2, -0.15) is 5.10 Å². The first-order chi connectivity index (χ1) is 14.8. The van der Waals surface area contributed by atoms with E-state index in [4.69, 9.17) is 4.74 Å². The molecule has 0 aliphatic carbocycles. The van der Waals surface area contributed by atoms with Crippen LogP contribution in [0.3, 0.4) is 0 Å². The molecule has 0 bridgehead atoms. The molecule has 152 valence electrons. The molecule has 3 heterocycles. The van der Waals surface area contributed by atoms with E-state index in [1.807, 2.05) is 41.8 Å². The van der Waals surface area contributed by atoms with Gasteiger partial charge in [0.2, 0.25) is 0 Å². The van der Waals surface area contributed by atoms with Crippen molar-refractivity contribution in [1.29, 1.82) is 0 Å². The number of aliphatic imine (C=N–C) groups is 1. The number of thiazole rings is 1. The first-order valence-electron chi connectivity index (χ1n) is 9.84. The first-order valence-corrected chi connectivity index (χ1v) is 10.8. The van der Waals surface area contributed by atoms with E-state index in [1.54, 1.807) is 11.3 Å². The number of hydrogen-bond donors (Lipinski definition) is 1. The predicted molar refractivity (Wildman–Crippen MR) is 121 cm³/mol. The van der Waals surface area contributed by atoms with Gasteiger partial charge in [0, 0.05) is 29.2 Å². The highest BCUT2D eigenvalue weighted by molar-refractivity contribution is 7.07. The van der Waals surface area contributed by atoms with Crippen molar-refractivity contribution in [3.05, 3.63) is 64.7 Å². The van der Waals surface area contributed by atoms with Gasteiger partial charge in [0.1, 0.15) is 19.0 Å². The number of anilines is 2. The van der Waals surface area contributed by atoms with Gasteiger partial charge in [0.05, 0.1) is 40.7 Å². The lowest BCUT2D eigenvalue weighted by Gasteiger charge is -2.28. The zero-order valence-electron chi connectivity index (χ0n) is 16.7. The van der Waals surface area contributed by atoms with Crippen LogP contribution in [0.4, 0.5) is 11.4 Å². The average molecular weight is 419 g/mol. The number of ether oxygens (including phenoxy) is 1. The number of aromatic nitrogens is 3. The van der Waals surface area contributed by atoms with Crippen LogP contribution in [0.25, 0.3) is 10.9 Å². The zero-order valence-corrected chi connectivity index (χ0v) is 17.5. The highest BCUT2D eigenvalue weighted by Gasteiger charge is 2.19. The van der Waals surface area contributed by atoms with Crippen LogP contribution in [-0.4, -0.2) is 47.8 Å². The van der Waals surface area contributed by atoms with Crippen LogP contribution in [0.5, 0.6) is 5.75 Å². The Bertz CT molecular complexity index is 1180. The van der Waals surface area contributed by atoms with Gasteiger partial charge in [-0.1, -0.05) is 6.07 Å². The van der Waals surface area contributed by atoms with Gasteiger partial charge in [-0.05, 0) is 37.4 Å². The lowest BCUT2D eigenvalue weighted by atomic mass is 10.1. The molecule has 1 aliphatic heterocycles. The molecule has 2 aromatic carbocycles. The van der Waals surface area contributed by atoms with E-state index in [9.17, 15) is 0 Å². The Morgan fingerprint density at radius 3 is 3.07 bits per heavy atom. The Labute approximate surface area is 178 Å². The number of fused-ring (bicyclic) bond motifs is 2. The number of hydrogen-bond acceptors (Lipinski definition) is 7. The van der Waals surface area contributed by atoms with E-state index >= 15 is 0 Å². The molecule has 0 atom stereocenters. The summed E-state index contributed by atoms with van der Waals surface area (Å²) in [5, 5.41) is 10.8. The summed E-state index contributed by atoms with van der Waals surface area (Å²) < 4.78 is 7.94. The predicted octanol–water partition coefficient (Wildman–Crippen LogP) is 3.67. The average Bonchev–Trinajstić information content (AvgIpc) is 3.44. The number of benzene rings is 2. The summed E-state index contributed by atoms with van der Waals surface area (Å²) in [6.07, 6.45) is 3.82. The monoisotopic (exact) mass is 418 g/mol. The van der Waals surface area contributed by atoms with Crippen LogP contribution in [0, 0.1) is 0 Å². The summed E-state index contributed by atoms with van der Waals surface area (Å²) in [6.45, 7) is 2.67. The van der Waals surface area contributed by atoms with E-state index in [0.29, 0.717) is 19.8 Å². The lowest BCUT2D eigenvalue weighted by Crippen LogP contribution is -2.23. The summed E-state index contributed by atoms with van der Waals surface area (Å²) in [4.78, 5) is 11.2. The molecule has 4 aromatic rings. The van der Waals surface area contributed by atoms with Crippen LogP contribution in [0.15, 0.2) is 58.5 Å². The molecule has 30 heavy (non-hydrogen) atoms. The lowest BCUT2D eigenvalue weighted by molar-refractivity contribution is 0.318. The number of nitrogens with one attached hydrogen (secondary N) is 1. The zero-order chi connectivity index (χ0) is 20.3. The van der Waals surface area contributed by atoms with Crippen molar-refractivity contribution < 1.29 is 4.74 Å². The molecule has 5 rings (SSSR count). The van der Waals surface area contributed by atoms with Gasteiger partial charge in [-0.25, -0.2) is 4.98 Å². The molecule has 0 saturated carbocycles. The summed E-state index contributed by atoms with van der Waals surface area (Å²) in [5.41, 5.74) is 7.17. The minimum Gasteiger partial charge on any atom is -0.492 e. The molecule has 0 radical (unpaired) electrons. The van der Waals surface area contributed by atoms with Gasteiger partial charge in [0.25, 0.3) is 0 Å². The number of likely N-dealkylation sites (N-methyl/N-ethyl adjacent to an activating group) is 1. The maximum absolute atomic E-state index is 5.95. The van der Waals surface area contributed by atoms with E-state index in [2.05, 4.69) is 54.9 Å². The van der Waals surface area contributed by atoms with E-state index in [1.165, 1.54) is 0 Å². The molecule has 8 heteroatoms. The van der Waals surface area contributed by atoms with Crippen molar-refractivity contribution in [3.63, 3.8) is 0 Å². The maximum atomic E-state index is 5.95. The van der Waals surface area contributed by atoms with E-state index in [0.717, 1.165) is 45.8 Å². The van der Waals surface area contributed by atoms with Crippen molar-refractivity contribution in [2.45, 2.75) is 6.54 Å². The summed E-state index contributed by atoms with van der Waals surface area (Å²) in [7, 11) is 1.92. The van der Waals surface area contributed by atoms with Crippen LogP contribution in [-0.2, 0) is 6.54 Å². The topological polar surface area (TPSA) is 67.6 Å². The smallest absolute Gasteiger partial charge is 0.130 e. The Morgan fingerprint density at radius 1 is 1.23 bits per heavy atom. The third kappa shape index (κ3) is 3.55. The van der Waals surface area contributed by atoms with Crippen LogP contribution in [0.1, 0.15) is 11.3 Å². The number of nitrogens with zero attached hydrogens (tertiary/aromatic N) is 5. The standard InChI is InChI=1S/C22H22N6OS/c1-23-7-8-29-22-4-2-3-21-19(22)11-24-14-27(21)18-5-6-20-16(9-18)10-26-28(20)12-17-13-30-15-25-17/h2-6,9-11,13,15,23H,7-8,12,14H2,1H3. The van der Waals surface area contributed by atoms with E-state index < -0.39 is 0 Å². The summed E-state index contributed by atoms with van der Waals surface area (Å²) >= 11 is 1.60. The van der Waals surface area contributed by atoms with Gasteiger partial charge < -0.3 is 15.0 Å². The van der Waals surface area contributed by atoms with Gasteiger partial charge in [0.15, 0.2) is 0 Å². The fourth-order valence-electron chi connectivity index (χ4n) is 3.63. The first kappa shape index (κ1) is 18.8. The Morgan fingerprint density at radius 2 is 2.20 bits per heavy atom. The molecule has 0 fully saturated rings. The normalized spacial score (nSPS) is 13.0. The van der Waals surface area contributed by atoms with Gasteiger partial charge >= 0.3 is 0 Å². The second-order valence-corrected chi connectivity index (χ2v) is 7.77. The maximum Gasteiger partial charge on any atom is 0.130 e. The SMILES string of the molecule is CNCCOc1cccc2c1C=NCN2c1ccc2c(cnn2Cc2cscn2)c1. The largest absolute Gasteiger partial charge is 0.492 e. The van der Waals surface area contributed by atoms with Crippen molar-refractivity contribution in [2.24, 2.45) is 4.99 Å². The molecule has 0 spiro atoms. The Hall–Kier alpha value is -3.23. The second kappa shape index (κ2) is 8.25. The molecular weight excluding hydrogens is 396 g/mol. The van der Waals surface area contributed by atoms with Gasteiger partial charge in [-0.3, -0.25) is 9.67 Å². The molecule has 1 N–H and O–H groups in total. The third-order valence-electron chi connectivity index (χ3n) is 5.12. The molecule has 0 amide bonds. The van der Waals surface area contributed by atoms with Crippen molar-refractivity contribution in [1.82, 2.24) is 20.1 Å². The summed E-state index contributed by atoms with van der Waals surface area (Å²) in [5.74, 6) is 0.855. The van der Waals surface area contributed by atoms with Crippen molar-refractivity contribution >= 4 is 39.8 Å². The fourth-order valence-corrected chi connectivity index (χ4v) is 4.18. The minimum atomic E-state index is 0.575. The highest BCUT2D eigenvalue weighted by Crippen LogP contribution is 2.36. The highest BCUT2D eigenvalue weighted by atomic mass is 32.1. The Kier molecular flexibility index (Phi) is 5.17. The van der Waals surface area contributed by atoms with Crippen LogP contribution >= 0.6 is 11.3 Å². The van der Waals surface area contributed by atoms with Crippen molar-refractivity contribution in [3.8, 4) is 5.75 Å².